The van der Waals surface area contributed by atoms with Crippen LogP contribution in [-0.4, -0.2) is 198 Å². The maximum atomic E-state index is 12.5. The molecule has 8 aromatic rings. The fourth-order valence-corrected chi connectivity index (χ4v) is 13.2. The zero-order valence-electron chi connectivity index (χ0n) is 79.3. The molecular formula is C101H119Br2NO35. The average Bonchev–Trinajstić information content (AvgIpc) is 0.825. The van der Waals surface area contributed by atoms with Gasteiger partial charge in [0.05, 0.1) is 44.5 Å². The van der Waals surface area contributed by atoms with E-state index >= 15 is 0 Å². The van der Waals surface area contributed by atoms with Crippen molar-refractivity contribution in [1.29, 1.82) is 0 Å². The van der Waals surface area contributed by atoms with Gasteiger partial charge in [0.25, 0.3) is 5.09 Å². The standard InChI is InChI=1S/C29H36O10.C28H33BrO10.C22H25BrO6.C22H25NO9/c1-4-6-7-8-9-26(31)39-24-13-12-22-16-21(10-11-23(22)17-24)20(3)29(34)38-19-28(33)37-18-27(32)36-15-14-35-25(30)5-2;1-3-24(30)35-13-14-36-26(32)17-37-27(33)18-38-28(34)19(2)20-8-9-22-16-23(11-10-21(22)15-20)39-25(31)7-5-4-6-12-29;1-15(22(26)28-14-21(25)27-2)16-7-8-18-13-19(10-9-17(18)12-16)29-20(24)6-4-3-5-11-23;1-15(22(26)30-14-21(25)29-2)16-7-8-18-13-19(10-9-17(18)12-16)32-20(24)6-4-3-5-11-31-23(27)28/h10-13,16-17,20H,4-9,14-15,18-19H2,1-3H3;8-11,15-16,19H,3-7,12-14,17-18H2,1-2H3;7-10,12-13,15H,3-6,11,14H2,1-2H3;7-10,12-13,15H,3-6,11,14H2,1-2H3. The van der Waals surface area contributed by atoms with Gasteiger partial charge in [-0.05, 0) is 187 Å². The Hall–Kier alpha value is -13.5. The number of nitrogens with zero attached hydrogens (tertiary/aromatic N) is 1. The third-order valence-corrected chi connectivity index (χ3v) is 21.6. The summed E-state index contributed by atoms with van der Waals surface area (Å²) in [5, 5.41) is 17.9. The van der Waals surface area contributed by atoms with Gasteiger partial charge in [-0.15, -0.1) is 10.1 Å². The molecule has 8 rings (SSSR count). The molecule has 0 saturated heterocycles. The summed E-state index contributed by atoms with van der Waals surface area (Å²) in [6.45, 7) is 8.08. The number of benzene rings is 8. The molecule has 0 spiro atoms. The van der Waals surface area contributed by atoms with Crippen molar-refractivity contribution < 1.29 is 162 Å². The molecule has 0 radical (unpaired) electrons. The van der Waals surface area contributed by atoms with Gasteiger partial charge in [-0.1, -0.05) is 188 Å². The second-order valence-electron chi connectivity index (χ2n) is 31.0. The predicted molar refractivity (Wildman–Crippen MR) is 511 cm³/mol. The molecule has 0 bridgehead atoms. The Morgan fingerprint density at radius 3 is 0.770 bits per heavy atom. The predicted octanol–water partition coefficient (Wildman–Crippen LogP) is 16.6. The Labute approximate surface area is 820 Å². The second-order valence-corrected chi connectivity index (χ2v) is 32.6. The zero-order valence-corrected chi connectivity index (χ0v) is 82.5. The summed E-state index contributed by atoms with van der Waals surface area (Å²) in [5.74, 6) is -9.63. The number of ether oxygens (including phenoxy) is 16. The summed E-state index contributed by atoms with van der Waals surface area (Å²) >= 11 is 6.74. The van der Waals surface area contributed by atoms with Crippen LogP contribution < -0.4 is 18.9 Å². The monoisotopic (exact) mass is 2060 g/mol. The Morgan fingerprint density at radius 2 is 0.511 bits per heavy atom. The first kappa shape index (κ1) is 116. The lowest BCUT2D eigenvalue weighted by molar-refractivity contribution is -0.757. The Morgan fingerprint density at radius 1 is 0.273 bits per heavy atom. The number of halogens is 2. The van der Waals surface area contributed by atoms with Crippen LogP contribution >= 0.6 is 31.9 Å². The maximum Gasteiger partial charge on any atom is 0.344 e. The van der Waals surface area contributed by atoms with Gasteiger partial charge in [-0.2, -0.15) is 0 Å². The number of fused-ring (bicyclic) bond motifs is 4. The van der Waals surface area contributed by atoms with E-state index in [1.165, 1.54) is 14.2 Å². The minimum atomic E-state index is -0.909. The van der Waals surface area contributed by atoms with E-state index < -0.39 is 146 Å². The summed E-state index contributed by atoms with van der Waals surface area (Å²) in [6.07, 6.45) is 13.0. The van der Waals surface area contributed by atoms with E-state index in [2.05, 4.69) is 53.1 Å². The molecule has 0 amide bonds. The molecule has 0 N–H and O–H groups in total. The van der Waals surface area contributed by atoms with Crippen LogP contribution in [-0.2, 0) is 138 Å². The highest BCUT2D eigenvalue weighted by atomic mass is 79.9. The summed E-state index contributed by atoms with van der Waals surface area (Å²) in [6, 6.07) is 42.8. The van der Waals surface area contributed by atoms with E-state index in [0.717, 1.165) is 129 Å². The van der Waals surface area contributed by atoms with Gasteiger partial charge in [0.15, 0.2) is 39.6 Å². The van der Waals surface area contributed by atoms with Crippen molar-refractivity contribution >= 4 is 170 Å². The first-order valence-corrected chi connectivity index (χ1v) is 47.6. The third-order valence-electron chi connectivity index (χ3n) is 20.5. The number of hydrogen-bond acceptors (Lipinski definition) is 35. The van der Waals surface area contributed by atoms with Crippen molar-refractivity contribution in [3.8, 4) is 23.0 Å². The molecule has 0 aliphatic heterocycles. The molecule has 0 heterocycles. The van der Waals surface area contributed by atoms with Gasteiger partial charge in [-0.25, -0.2) is 28.8 Å². The number of rotatable bonds is 54. The molecule has 38 heteroatoms. The molecule has 4 atom stereocenters. The van der Waals surface area contributed by atoms with Crippen molar-refractivity contribution in [2.24, 2.45) is 0 Å². The van der Waals surface area contributed by atoms with E-state index in [-0.39, 0.29) is 70.2 Å². The van der Waals surface area contributed by atoms with E-state index in [0.29, 0.717) is 72.6 Å². The average molecular weight is 2070 g/mol. The first-order valence-electron chi connectivity index (χ1n) is 45.3. The smallest absolute Gasteiger partial charge is 0.344 e. The lowest BCUT2D eigenvalue weighted by Crippen LogP contribution is -2.23. The van der Waals surface area contributed by atoms with Crippen LogP contribution in [0.25, 0.3) is 43.1 Å². The van der Waals surface area contributed by atoms with Gasteiger partial charge in [-0.3, -0.25) is 47.9 Å². The third kappa shape index (κ3) is 46.0. The maximum absolute atomic E-state index is 12.5. The van der Waals surface area contributed by atoms with Crippen molar-refractivity contribution in [2.45, 2.75) is 194 Å². The Kier molecular flexibility index (Phi) is 54.5. The van der Waals surface area contributed by atoms with Crippen molar-refractivity contribution in [2.75, 3.05) is 97.6 Å². The van der Waals surface area contributed by atoms with Gasteiger partial charge in [0.2, 0.25) is 0 Å². The van der Waals surface area contributed by atoms with Crippen LogP contribution in [0.15, 0.2) is 146 Å². The lowest BCUT2D eigenvalue weighted by Gasteiger charge is -2.13. The molecule has 0 saturated carbocycles. The number of carbonyl (C=O) groups excluding carboxylic acids is 16. The van der Waals surface area contributed by atoms with Crippen LogP contribution in [0.2, 0.25) is 0 Å². The first-order chi connectivity index (χ1) is 66.7. The Balaban J connectivity index is 0.000000329. The molecule has 0 aliphatic rings. The minimum Gasteiger partial charge on any atom is -0.466 e. The van der Waals surface area contributed by atoms with E-state index in [1.807, 2.05) is 54.6 Å². The summed E-state index contributed by atoms with van der Waals surface area (Å²) in [4.78, 5) is 202. The molecule has 0 fully saturated rings. The van der Waals surface area contributed by atoms with Gasteiger partial charge in [0, 0.05) is 49.2 Å². The van der Waals surface area contributed by atoms with E-state index in [9.17, 15) is 86.8 Å². The van der Waals surface area contributed by atoms with Crippen LogP contribution in [0, 0.1) is 10.1 Å². The normalized spacial score (nSPS) is 11.4. The van der Waals surface area contributed by atoms with Gasteiger partial charge < -0.3 is 80.6 Å². The summed E-state index contributed by atoms with van der Waals surface area (Å²) in [5.41, 5.74) is 2.83. The zero-order chi connectivity index (χ0) is 102. The number of unbranched alkanes of at least 4 members (excludes halogenated alkanes) is 9. The highest BCUT2D eigenvalue weighted by Gasteiger charge is 2.26. The largest absolute Gasteiger partial charge is 0.466 e. The van der Waals surface area contributed by atoms with E-state index in [1.54, 1.807) is 133 Å². The van der Waals surface area contributed by atoms with Gasteiger partial charge in [0.1, 0.15) is 49.4 Å². The number of carbonyl (C=O) groups is 16. The van der Waals surface area contributed by atoms with Crippen LogP contribution in [0.1, 0.15) is 216 Å². The van der Waals surface area contributed by atoms with Crippen LogP contribution in [0.3, 0.4) is 0 Å². The second kappa shape index (κ2) is 65.3. The van der Waals surface area contributed by atoms with Gasteiger partial charge >= 0.3 is 95.5 Å². The number of esters is 16. The molecule has 0 aromatic heterocycles. The SMILES string of the molecule is CCC(=O)OCCOC(=O)COC(=O)COC(=O)C(C)c1ccc2cc(OC(=O)CCCCCBr)ccc2c1.CCCCCCC(=O)Oc1ccc2cc(C(C)C(=O)OCC(=O)OCC(=O)OCCOC(=O)CC)ccc2c1.COC(=O)COC(=O)C(C)c1ccc2cc(OC(=O)CCCCCBr)ccc2c1.COC(=O)COC(=O)C(C)c1ccc2cc(OC(=O)CCCCCO[N+](=O)[O-])ccc2c1. The summed E-state index contributed by atoms with van der Waals surface area (Å²) in [7, 11) is 2.45. The molecule has 36 nitrogen and oxygen atoms in total. The molecule has 139 heavy (non-hydrogen) atoms. The molecule has 752 valence electrons. The molecule has 4 unspecified atom stereocenters. The topological polar surface area (TPSA) is 473 Å². The van der Waals surface area contributed by atoms with Crippen molar-refractivity contribution in [1.82, 2.24) is 0 Å². The number of methoxy groups -OCH3 is 2. The van der Waals surface area contributed by atoms with Crippen LogP contribution in [0.5, 0.6) is 23.0 Å². The number of alkyl halides is 2. The number of hydrogen-bond donors (Lipinski definition) is 0. The highest BCUT2D eigenvalue weighted by Crippen LogP contribution is 2.32. The fraction of sp³-hybridized carbons (Fsp3) is 0.446. The quantitative estimate of drug-likeness (QED) is 0.00650. The van der Waals surface area contributed by atoms with Crippen molar-refractivity contribution in [3.63, 3.8) is 0 Å². The van der Waals surface area contributed by atoms with Crippen LogP contribution in [0.4, 0.5) is 0 Å². The summed E-state index contributed by atoms with van der Waals surface area (Å²) < 4.78 is 79.0. The molecule has 8 aromatic carbocycles. The van der Waals surface area contributed by atoms with E-state index in [4.69, 9.17) is 66.3 Å². The highest BCUT2D eigenvalue weighted by molar-refractivity contribution is 9.09. The molecule has 0 aliphatic carbocycles. The lowest BCUT2D eigenvalue weighted by atomic mass is 9.98. The fourth-order valence-electron chi connectivity index (χ4n) is 12.4. The Bertz CT molecular complexity index is 5260. The molecular weight excluding hydrogens is 1950 g/mol. The van der Waals surface area contributed by atoms with Crippen molar-refractivity contribution in [3.05, 3.63) is 178 Å². The minimum absolute atomic E-state index is 0.0102.